The van der Waals surface area contributed by atoms with Crippen molar-refractivity contribution in [3.05, 3.63) is 34.9 Å². The van der Waals surface area contributed by atoms with Crippen molar-refractivity contribution in [2.75, 3.05) is 6.54 Å². The molecule has 3 amide bonds. The number of benzene rings is 1. The van der Waals surface area contributed by atoms with Crippen LogP contribution in [0.2, 0.25) is 0 Å². The predicted molar refractivity (Wildman–Crippen MR) is 93.0 cm³/mol. The van der Waals surface area contributed by atoms with Crippen molar-refractivity contribution in [3.63, 3.8) is 0 Å². The Kier molecular flexibility index (Phi) is 5.42. The lowest BCUT2D eigenvalue weighted by molar-refractivity contribution is -0.131. The minimum atomic E-state index is -0.843. The first-order valence-corrected chi connectivity index (χ1v) is 8.59. The topological polar surface area (TPSA) is 66.5 Å². The molecular weight excluding hydrogens is 304 g/mol. The van der Waals surface area contributed by atoms with E-state index in [2.05, 4.69) is 5.32 Å². The van der Waals surface area contributed by atoms with Gasteiger partial charge in [0, 0.05) is 5.56 Å². The smallest absolute Gasteiger partial charge is 0.323 e. The molecule has 1 N–H and O–H groups in total. The maximum atomic E-state index is 12.8. The molecule has 0 unspecified atom stereocenters. The summed E-state index contributed by atoms with van der Waals surface area (Å²) in [4.78, 5) is 38.7. The molecule has 24 heavy (non-hydrogen) atoms. The summed E-state index contributed by atoms with van der Waals surface area (Å²) in [6, 6.07) is 4.97. The first kappa shape index (κ1) is 18.2. The Morgan fingerprint density at radius 3 is 2.25 bits per heavy atom. The molecule has 1 fully saturated rings. The van der Waals surface area contributed by atoms with Crippen molar-refractivity contribution in [1.29, 1.82) is 0 Å². The van der Waals surface area contributed by atoms with Crippen molar-refractivity contribution in [3.8, 4) is 0 Å². The summed E-state index contributed by atoms with van der Waals surface area (Å²) in [7, 11) is 0. The van der Waals surface area contributed by atoms with Crippen LogP contribution in [0.4, 0.5) is 4.79 Å². The van der Waals surface area contributed by atoms with Gasteiger partial charge in [-0.2, -0.15) is 0 Å². The average Bonchev–Trinajstić information content (AvgIpc) is 2.75. The Labute approximate surface area is 143 Å². The van der Waals surface area contributed by atoms with Crippen LogP contribution >= 0.6 is 0 Å². The second-order valence-corrected chi connectivity index (χ2v) is 6.63. The molecule has 5 nitrogen and oxygen atoms in total. The zero-order chi connectivity index (χ0) is 17.9. The SMILES string of the molecule is CCCC1(CCC)NC(=O)N(CC(=O)c2ccc(C)c(C)c2)C1=O. The highest BCUT2D eigenvalue weighted by molar-refractivity contribution is 6.11. The number of hydrogen-bond donors (Lipinski definition) is 1. The zero-order valence-electron chi connectivity index (χ0n) is 14.9. The van der Waals surface area contributed by atoms with E-state index < -0.39 is 11.6 Å². The van der Waals surface area contributed by atoms with Gasteiger partial charge in [-0.3, -0.25) is 14.5 Å². The lowest BCUT2D eigenvalue weighted by Crippen LogP contribution is -2.47. The summed E-state index contributed by atoms with van der Waals surface area (Å²) in [6.07, 6.45) is 2.79. The largest absolute Gasteiger partial charge is 0.325 e. The van der Waals surface area contributed by atoms with Gasteiger partial charge in [0.1, 0.15) is 5.54 Å². The van der Waals surface area contributed by atoms with Gasteiger partial charge in [-0.25, -0.2) is 4.79 Å². The van der Waals surface area contributed by atoms with Gasteiger partial charge in [-0.05, 0) is 43.9 Å². The Morgan fingerprint density at radius 2 is 1.71 bits per heavy atom. The molecule has 1 aromatic carbocycles. The van der Waals surface area contributed by atoms with Gasteiger partial charge >= 0.3 is 6.03 Å². The number of carbonyl (C=O) groups is 3. The molecule has 130 valence electrons. The molecule has 5 heteroatoms. The second-order valence-electron chi connectivity index (χ2n) is 6.63. The summed E-state index contributed by atoms with van der Waals surface area (Å²) in [5.41, 5.74) is 1.81. The first-order chi connectivity index (χ1) is 11.3. The lowest BCUT2D eigenvalue weighted by atomic mass is 9.88. The fraction of sp³-hybridized carbons (Fsp3) is 0.526. The third-order valence-electron chi connectivity index (χ3n) is 4.73. The summed E-state index contributed by atoms with van der Waals surface area (Å²) in [5.74, 6) is -0.487. The number of rotatable bonds is 7. The van der Waals surface area contributed by atoms with Gasteiger partial charge in [-0.15, -0.1) is 0 Å². The van der Waals surface area contributed by atoms with E-state index in [1.54, 1.807) is 6.07 Å². The highest BCUT2D eigenvalue weighted by atomic mass is 16.2. The maximum absolute atomic E-state index is 12.8. The van der Waals surface area contributed by atoms with Crippen LogP contribution in [0.1, 0.15) is 61.0 Å². The second kappa shape index (κ2) is 7.16. The Morgan fingerprint density at radius 1 is 1.08 bits per heavy atom. The molecule has 1 saturated heterocycles. The third kappa shape index (κ3) is 3.35. The van der Waals surface area contributed by atoms with Gasteiger partial charge < -0.3 is 5.32 Å². The minimum absolute atomic E-state index is 0.206. The van der Waals surface area contributed by atoms with Gasteiger partial charge in [0.25, 0.3) is 5.91 Å². The third-order valence-corrected chi connectivity index (χ3v) is 4.73. The molecule has 0 atom stereocenters. The molecule has 0 aliphatic carbocycles. The van der Waals surface area contributed by atoms with Crippen molar-refractivity contribution in [2.45, 2.75) is 58.9 Å². The van der Waals surface area contributed by atoms with Crippen LogP contribution in [-0.2, 0) is 4.79 Å². The number of nitrogens with one attached hydrogen (secondary N) is 1. The van der Waals surface area contributed by atoms with Crippen LogP contribution < -0.4 is 5.32 Å². The lowest BCUT2D eigenvalue weighted by Gasteiger charge is -2.25. The molecule has 2 rings (SSSR count). The fourth-order valence-corrected chi connectivity index (χ4v) is 3.29. The standard InChI is InChI=1S/C19H26N2O3/c1-5-9-19(10-6-2)17(23)21(18(24)20-19)12-16(22)15-8-7-13(3)14(4)11-15/h7-8,11H,5-6,9-10,12H2,1-4H3,(H,20,24). The molecule has 0 aromatic heterocycles. The maximum Gasteiger partial charge on any atom is 0.325 e. The summed E-state index contributed by atoms with van der Waals surface area (Å²) >= 11 is 0. The van der Waals surface area contributed by atoms with Crippen LogP contribution in [0, 0.1) is 13.8 Å². The molecular formula is C19H26N2O3. The molecule has 0 spiro atoms. The normalized spacial score (nSPS) is 16.4. The van der Waals surface area contributed by atoms with E-state index >= 15 is 0 Å². The van der Waals surface area contributed by atoms with E-state index in [4.69, 9.17) is 0 Å². The molecule has 0 saturated carbocycles. The fourth-order valence-electron chi connectivity index (χ4n) is 3.29. The number of carbonyl (C=O) groups excluding carboxylic acids is 3. The highest BCUT2D eigenvalue weighted by Gasteiger charge is 2.50. The van der Waals surface area contributed by atoms with E-state index in [9.17, 15) is 14.4 Å². The Bertz CT molecular complexity index is 661. The number of aryl methyl sites for hydroxylation is 2. The van der Waals surface area contributed by atoms with E-state index in [0.717, 1.165) is 28.9 Å². The summed E-state index contributed by atoms with van der Waals surface area (Å²) in [6.45, 7) is 7.68. The zero-order valence-corrected chi connectivity index (χ0v) is 14.9. The Balaban J connectivity index is 2.19. The van der Waals surface area contributed by atoms with Crippen LogP contribution in [0.5, 0.6) is 0 Å². The molecule has 1 heterocycles. The number of ketones is 1. The van der Waals surface area contributed by atoms with E-state index in [1.165, 1.54) is 0 Å². The first-order valence-electron chi connectivity index (χ1n) is 8.59. The summed E-state index contributed by atoms with van der Waals surface area (Å²) < 4.78 is 0. The van der Waals surface area contributed by atoms with Crippen molar-refractivity contribution >= 4 is 17.7 Å². The van der Waals surface area contributed by atoms with Crippen LogP contribution in [0.3, 0.4) is 0 Å². The van der Waals surface area contributed by atoms with E-state index in [1.807, 2.05) is 39.8 Å². The number of nitrogens with zero attached hydrogens (tertiary/aromatic N) is 1. The molecule has 1 aliphatic heterocycles. The number of urea groups is 1. The number of amides is 3. The van der Waals surface area contributed by atoms with Crippen molar-refractivity contribution in [1.82, 2.24) is 10.2 Å². The quantitative estimate of drug-likeness (QED) is 0.615. The number of Topliss-reactive ketones (excluding diaryl/α,β-unsaturated/α-hetero) is 1. The Hall–Kier alpha value is -2.17. The van der Waals surface area contributed by atoms with Crippen LogP contribution in [-0.4, -0.2) is 34.7 Å². The van der Waals surface area contributed by atoms with E-state index in [0.29, 0.717) is 18.4 Å². The summed E-state index contributed by atoms with van der Waals surface area (Å²) in [5, 5.41) is 2.83. The van der Waals surface area contributed by atoms with Crippen molar-refractivity contribution < 1.29 is 14.4 Å². The van der Waals surface area contributed by atoms with Crippen LogP contribution in [0.25, 0.3) is 0 Å². The van der Waals surface area contributed by atoms with Gasteiger partial charge in [0.15, 0.2) is 5.78 Å². The van der Waals surface area contributed by atoms with E-state index in [-0.39, 0.29) is 18.2 Å². The molecule has 0 bridgehead atoms. The predicted octanol–water partition coefficient (Wildman–Crippen LogP) is 3.38. The minimum Gasteiger partial charge on any atom is -0.323 e. The number of imide groups is 1. The van der Waals surface area contributed by atoms with Gasteiger partial charge in [0.05, 0.1) is 6.54 Å². The highest BCUT2D eigenvalue weighted by Crippen LogP contribution is 2.28. The van der Waals surface area contributed by atoms with Crippen molar-refractivity contribution in [2.24, 2.45) is 0 Å². The molecule has 0 radical (unpaired) electrons. The molecule has 1 aromatic rings. The van der Waals surface area contributed by atoms with Gasteiger partial charge in [0.2, 0.25) is 0 Å². The van der Waals surface area contributed by atoms with Gasteiger partial charge in [-0.1, -0.05) is 38.8 Å². The molecule has 1 aliphatic rings. The van der Waals surface area contributed by atoms with Crippen LogP contribution in [0.15, 0.2) is 18.2 Å². The average molecular weight is 330 g/mol. The monoisotopic (exact) mass is 330 g/mol. The number of hydrogen-bond acceptors (Lipinski definition) is 3.